The van der Waals surface area contributed by atoms with E-state index >= 15 is 0 Å². The Morgan fingerprint density at radius 3 is 2.45 bits per heavy atom. The Bertz CT molecular complexity index is 1550. The first-order valence-electron chi connectivity index (χ1n) is 13.3. The minimum atomic E-state index is -0.177. The summed E-state index contributed by atoms with van der Waals surface area (Å²) in [7, 11) is 1.65. The van der Waals surface area contributed by atoms with E-state index < -0.39 is 0 Å². The van der Waals surface area contributed by atoms with Gasteiger partial charge in [-0.2, -0.15) is 5.10 Å². The summed E-state index contributed by atoms with van der Waals surface area (Å²) in [5.41, 5.74) is 9.73. The van der Waals surface area contributed by atoms with Crippen LogP contribution in [0.4, 0.5) is 5.95 Å². The van der Waals surface area contributed by atoms with Crippen LogP contribution < -0.4 is 15.7 Å². The Labute approximate surface area is 223 Å². The van der Waals surface area contributed by atoms with Gasteiger partial charge in [-0.05, 0) is 73.7 Å². The SMILES string of the molecule is COc1ccc(/C=N\Nc2nc3c(c(=O)n2-c2ccc(C)cc2)C2(CCCCC2)Cc2ccccc2-3)cc1. The zero-order chi connectivity index (χ0) is 26.1. The van der Waals surface area contributed by atoms with E-state index in [1.807, 2.05) is 61.5 Å². The molecule has 0 bridgehead atoms. The van der Waals surface area contributed by atoms with E-state index in [0.717, 1.165) is 71.5 Å². The molecule has 0 saturated heterocycles. The van der Waals surface area contributed by atoms with Gasteiger partial charge in [0.2, 0.25) is 5.95 Å². The third-order valence-corrected chi connectivity index (χ3v) is 8.01. The van der Waals surface area contributed by atoms with Crippen molar-refractivity contribution >= 4 is 12.2 Å². The molecule has 6 rings (SSSR count). The largest absolute Gasteiger partial charge is 0.497 e. The van der Waals surface area contributed by atoms with Crippen LogP contribution in [0.25, 0.3) is 16.9 Å². The lowest BCUT2D eigenvalue weighted by Gasteiger charge is -2.42. The Kier molecular flexibility index (Phi) is 6.32. The first kappa shape index (κ1) is 24.2. The lowest BCUT2D eigenvalue weighted by Crippen LogP contribution is -2.42. The minimum Gasteiger partial charge on any atom is -0.497 e. The maximum atomic E-state index is 14.5. The fourth-order valence-electron chi connectivity index (χ4n) is 6.07. The molecule has 3 aromatic carbocycles. The fraction of sp³-hybridized carbons (Fsp3) is 0.281. The minimum absolute atomic E-state index is 0.00240. The molecule has 6 nitrogen and oxygen atoms in total. The highest BCUT2D eigenvalue weighted by molar-refractivity contribution is 5.80. The lowest BCUT2D eigenvalue weighted by atomic mass is 9.62. The zero-order valence-electron chi connectivity index (χ0n) is 21.9. The second kappa shape index (κ2) is 9.93. The summed E-state index contributed by atoms with van der Waals surface area (Å²) in [5.74, 6) is 1.19. The number of benzene rings is 3. The number of aryl methyl sites for hydroxylation is 1. The Hall–Kier alpha value is -4.19. The number of hydrogen-bond acceptors (Lipinski definition) is 5. The van der Waals surface area contributed by atoms with Crippen molar-refractivity contribution in [2.24, 2.45) is 5.10 Å². The predicted octanol–water partition coefficient (Wildman–Crippen LogP) is 6.42. The quantitative estimate of drug-likeness (QED) is 0.252. The smallest absolute Gasteiger partial charge is 0.263 e. The van der Waals surface area contributed by atoms with Crippen molar-refractivity contribution in [3.63, 3.8) is 0 Å². The molecule has 0 unspecified atom stereocenters. The maximum Gasteiger partial charge on any atom is 0.263 e. The normalized spacial score (nSPS) is 15.7. The third-order valence-electron chi connectivity index (χ3n) is 8.01. The second-order valence-electron chi connectivity index (χ2n) is 10.5. The summed E-state index contributed by atoms with van der Waals surface area (Å²) in [6.07, 6.45) is 8.14. The average molecular weight is 505 g/mol. The molecule has 0 radical (unpaired) electrons. The molecule has 6 heteroatoms. The molecular formula is C32H32N4O2. The molecule has 1 spiro atoms. The lowest BCUT2D eigenvalue weighted by molar-refractivity contribution is 0.284. The summed E-state index contributed by atoms with van der Waals surface area (Å²) in [5, 5.41) is 4.48. The van der Waals surface area contributed by atoms with Crippen molar-refractivity contribution in [3.8, 4) is 22.7 Å². The van der Waals surface area contributed by atoms with Gasteiger partial charge in [0.05, 0.1) is 30.3 Å². The number of anilines is 1. The molecule has 2 aliphatic carbocycles. The molecule has 2 aliphatic rings. The van der Waals surface area contributed by atoms with E-state index in [1.165, 1.54) is 12.0 Å². The maximum absolute atomic E-state index is 14.5. The molecule has 38 heavy (non-hydrogen) atoms. The molecule has 1 N–H and O–H groups in total. The highest BCUT2D eigenvalue weighted by atomic mass is 16.5. The van der Waals surface area contributed by atoms with E-state index in [4.69, 9.17) is 9.72 Å². The topological polar surface area (TPSA) is 68.5 Å². The number of ether oxygens (including phenoxy) is 1. The summed E-state index contributed by atoms with van der Waals surface area (Å²) in [4.78, 5) is 19.7. The van der Waals surface area contributed by atoms with Crippen molar-refractivity contribution < 1.29 is 4.74 Å². The van der Waals surface area contributed by atoms with Gasteiger partial charge in [0.25, 0.3) is 5.56 Å². The molecule has 4 aromatic rings. The molecule has 1 heterocycles. The van der Waals surface area contributed by atoms with Gasteiger partial charge >= 0.3 is 0 Å². The van der Waals surface area contributed by atoms with Crippen LogP contribution >= 0.6 is 0 Å². The summed E-state index contributed by atoms with van der Waals surface area (Å²) >= 11 is 0. The number of nitrogens with one attached hydrogen (secondary N) is 1. The van der Waals surface area contributed by atoms with Gasteiger partial charge in [-0.1, -0.05) is 61.2 Å². The standard InChI is InChI=1S/C32H32N4O2/c1-22-10-14-25(15-11-22)36-30(37)28-29(34-31(36)35-33-21-23-12-16-26(38-2)17-13-23)27-9-5-4-8-24(27)20-32(28)18-6-3-7-19-32/h4-5,8-17,21H,3,6-7,18-20H2,1-2H3,(H,34,35)/b33-21-. The van der Waals surface area contributed by atoms with Crippen molar-refractivity contribution in [2.45, 2.75) is 50.9 Å². The van der Waals surface area contributed by atoms with Gasteiger partial charge in [0.1, 0.15) is 5.75 Å². The van der Waals surface area contributed by atoms with Crippen molar-refractivity contribution in [1.82, 2.24) is 9.55 Å². The van der Waals surface area contributed by atoms with Gasteiger partial charge in [-0.3, -0.25) is 4.79 Å². The van der Waals surface area contributed by atoms with Gasteiger partial charge in [0, 0.05) is 11.0 Å². The van der Waals surface area contributed by atoms with E-state index in [9.17, 15) is 4.79 Å². The summed E-state index contributed by atoms with van der Waals surface area (Å²) in [6.45, 7) is 2.05. The molecular weight excluding hydrogens is 472 g/mol. The number of fused-ring (bicyclic) bond motifs is 4. The van der Waals surface area contributed by atoms with E-state index in [0.29, 0.717) is 5.95 Å². The van der Waals surface area contributed by atoms with E-state index in [1.54, 1.807) is 17.9 Å². The van der Waals surface area contributed by atoms with Crippen LogP contribution in [-0.4, -0.2) is 22.9 Å². The van der Waals surface area contributed by atoms with Crippen molar-refractivity contribution in [3.05, 3.63) is 105 Å². The van der Waals surface area contributed by atoms with Crippen LogP contribution in [-0.2, 0) is 11.8 Å². The molecule has 0 atom stereocenters. The number of hydrogen-bond donors (Lipinski definition) is 1. The van der Waals surface area contributed by atoms with E-state index in [-0.39, 0.29) is 11.0 Å². The predicted molar refractivity (Wildman–Crippen MR) is 153 cm³/mol. The highest BCUT2D eigenvalue weighted by Gasteiger charge is 2.43. The highest BCUT2D eigenvalue weighted by Crippen LogP contribution is 2.48. The molecule has 192 valence electrons. The number of nitrogens with zero attached hydrogens (tertiary/aromatic N) is 3. The van der Waals surface area contributed by atoms with Gasteiger partial charge in [-0.15, -0.1) is 0 Å². The van der Waals surface area contributed by atoms with Crippen LogP contribution in [0.15, 0.2) is 82.7 Å². The van der Waals surface area contributed by atoms with Gasteiger partial charge in [-0.25, -0.2) is 15.0 Å². The van der Waals surface area contributed by atoms with Gasteiger partial charge in [0.15, 0.2) is 0 Å². The molecule has 1 saturated carbocycles. The Morgan fingerprint density at radius 2 is 1.71 bits per heavy atom. The van der Waals surface area contributed by atoms with E-state index in [2.05, 4.69) is 28.7 Å². The number of rotatable bonds is 5. The number of methoxy groups -OCH3 is 1. The molecule has 1 aromatic heterocycles. The zero-order valence-corrected chi connectivity index (χ0v) is 21.9. The molecule has 0 aliphatic heterocycles. The third kappa shape index (κ3) is 4.30. The van der Waals surface area contributed by atoms with Crippen LogP contribution in [0, 0.1) is 6.92 Å². The monoisotopic (exact) mass is 504 g/mol. The van der Waals surface area contributed by atoms with Crippen LogP contribution in [0.5, 0.6) is 5.75 Å². The number of hydrazone groups is 1. The number of aromatic nitrogens is 2. The van der Waals surface area contributed by atoms with Gasteiger partial charge < -0.3 is 4.74 Å². The second-order valence-corrected chi connectivity index (χ2v) is 10.5. The molecule has 0 amide bonds. The van der Waals surface area contributed by atoms with Crippen molar-refractivity contribution in [2.75, 3.05) is 12.5 Å². The van der Waals surface area contributed by atoms with Crippen LogP contribution in [0.2, 0.25) is 0 Å². The summed E-state index contributed by atoms with van der Waals surface area (Å²) < 4.78 is 6.95. The van der Waals surface area contributed by atoms with Crippen molar-refractivity contribution in [1.29, 1.82) is 0 Å². The first-order valence-corrected chi connectivity index (χ1v) is 13.3. The average Bonchev–Trinajstić information content (AvgIpc) is 2.94. The summed E-state index contributed by atoms with van der Waals surface area (Å²) in [6, 6.07) is 24.1. The Balaban J connectivity index is 1.52. The molecule has 1 fully saturated rings. The van der Waals surface area contributed by atoms with Crippen LogP contribution in [0.3, 0.4) is 0 Å². The first-order chi connectivity index (χ1) is 18.6. The fourth-order valence-corrected chi connectivity index (χ4v) is 6.07. The Morgan fingerprint density at radius 1 is 0.974 bits per heavy atom. The van der Waals surface area contributed by atoms with Crippen LogP contribution in [0.1, 0.15) is 54.4 Å².